The molecule has 2 N–H and O–H groups in total. The summed E-state index contributed by atoms with van der Waals surface area (Å²) >= 11 is 0. The van der Waals surface area contributed by atoms with E-state index in [1.807, 2.05) is 37.7 Å². The van der Waals surface area contributed by atoms with Gasteiger partial charge in [0, 0.05) is 30.0 Å². The van der Waals surface area contributed by atoms with Crippen molar-refractivity contribution in [2.45, 2.75) is 53.1 Å². The van der Waals surface area contributed by atoms with E-state index in [2.05, 4.69) is 62.7 Å². The Morgan fingerprint density at radius 3 is 2.58 bits per heavy atom. The third-order valence-electron chi connectivity index (χ3n) is 6.89. The smallest absolute Gasteiger partial charge is 0.164 e. The van der Waals surface area contributed by atoms with Crippen molar-refractivity contribution in [3.8, 4) is 11.4 Å². The van der Waals surface area contributed by atoms with Crippen LogP contribution in [0.1, 0.15) is 56.5 Å². The summed E-state index contributed by atoms with van der Waals surface area (Å²) < 4.78 is 4.15. The van der Waals surface area contributed by atoms with Gasteiger partial charge in [0.15, 0.2) is 5.65 Å². The highest BCUT2D eigenvalue weighted by atomic mass is 15.3. The molecule has 8 nitrogen and oxygen atoms in total. The molecule has 1 unspecified atom stereocenters. The maximum Gasteiger partial charge on any atom is 0.164 e. The highest BCUT2D eigenvalue weighted by Crippen LogP contribution is 2.34. The minimum absolute atomic E-state index is 0.0773. The van der Waals surface area contributed by atoms with Crippen molar-refractivity contribution in [1.82, 2.24) is 34.0 Å². The average Bonchev–Trinajstić information content (AvgIpc) is 3.64. The van der Waals surface area contributed by atoms with Crippen molar-refractivity contribution in [1.29, 1.82) is 0 Å². The lowest BCUT2D eigenvalue weighted by molar-refractivity contribution is 0.331. The predicted octanol–water partition coefficient (Wildman–Crippen LogP) is 5.26. The van der Waals surface area contributed by atoms with Gasteiger partial charge in [-0.2, -0.15) is 5.10 Å². The molecule has 0 saturated carbocycles. The Bertz CT molecular complexity index is 1480. The number of nitrogens with zero attached hydrogens (tertiary/aromatic N) is 7. The minimum atomic E-state index is -0.0773. The van der Waals surface area contributed by atoms with Crippen LogP contribution in [0.3, 0.4) is 0 Å². The number of aryl methyl sites for hydroxylation is 1. The first kappa shape index (κ1) is 23.9. The SMILES string of the molecule is CC.Cc1nn(C(C)c2cc3ccccn3c2-c2ccc(CN3CCCC3)cn2)c2ncnc(N)c12. The molecule has 6 rings (SSSR count). The second kappa shape index (κ2) is 10.1. The van der Waals surface area contributed by atoms with Crippen molar-refractivity contribution in [3.05, 3.63) is 71.9 Å². The van der Waals surface area contributed by atoms with Gasteiger partial charge in [0.05, 0.1) is 28.5 Å². The molecule has 1 fully saturated rings. The van der Waals surface area contributed by atoms with Gasteiger partial charge in [-0.1, -0.05) is 26.0 Å². The second-order valence-corrected chi connectivity index (χ2v) is 9.14. The Morgan fingerprint density at radius 1 is 1.03 bits per heavy atom. The number of rotatable bonds is 5. The molecule has 0 aliphatic carbocycles. The van der Waals surface area contributed by atoms with Gasteiger partial charge in [-0.25, -0.2) is 14.6 Å². The van der Waals surface area contributed by atoms with Crippen LogP contribution >= 0.6 is 0 Å². The fourth-order valence-electron chi connectivity index (χ4n) is 5.16. The summed E-state index contributed by atoms with van der Waals surface area (Å²) in [5.74, 6) is 0.457. The molecule has 5 aromatic heterocycles. The maximum absolute atomic E-state index is 6.14. The van der Waals surface area contributed by atoms with Gasteiger partial charge in [0.25, 0.3) is 0 Å². The molecule has 0 amide bonds. The van der Waals surface area contributed by atoms with Crippen molar-refractivity contribution in [3.63, 3.8) is 0 Å². The first-order valence-electron chi connectivity index (χ1n) is 12.8. The Morgan fingerprint density at radius 2 is 1.83 bits per heavy atom. The molecule has 1 saturated heterocycles. The summed E-state index contributed by atoms with van der Waals surface area (Å²) in [6.07, 6.45) is 8.20. The summed E-state index contributed by atoms with van der Waals surface area (Å²) in [5.41, 5.74) is 13.2. The van der Waals surface area contributed by atoms with Crippen LogP contribution in [-0.2, 0) is 6.54 Å². The molecule has 1 aliphatic heterocycles. The lowest BCUT2D eigenvalue weighted by Gasteiger charge is -2.16. The van der Waals surface area contributed by atoms with Gasteiger partial charge in [-0.05, 0) is 69.6 Å². The van der Waals surface area contributed by atoms with E-state index < -0.39 is 0 Å². The predicted molar refractivity (Wildman–Crippen MR) is 145 cm³/mol. The van der Waals surface area contributed by atoms with Crippen LogP contribution in [0.5, 0.6) is 0 Å². The maximum atomic E-state index is 6.14. The summed E-state index contributed by atoms with van der Waals surface area (Å²) in [4.78, 5) is 16.1. The molecule has 5 aromatic rings. The third kappa shape index (κ3) is 4.22. The van der Waals surface area contributed by atoms with E-state index in [4.69, 9.17) is 15.8 Å². The van der Waals surface area contributed by atoms with E-state index in [0.29, 0.717) is 5.82 Å². The van der Waals surface area contributed by atoms with Crippen molar-refractivity contribution in [2.24, 2.45) is 0 Å². The molecule has 0 aromatic carbocycles. The molecule has 1 aliphatic rings. The zero-order chi connectivity index (χ0) is 25.2. The van der Waals surface area contributed by atoms with E-state index in [9.17, 15) is 0 Å². The zero-order valence-electron chi connectivity index (χ0n) is 21.5. The van der Waals surface area contributed by atoms with Crippen LogP contribution in [-0.4, -0.2) is 47.1 Å². The van der Waals surface area contributed by atoms with E-state index in [-0.39, 0.29) is 6.04 Å². The van der Waals surface area contributed by atoms with Crippen molar-refractivity contribution >= 4 is 22.4 Å². The first-order chi connectivity index (χ1) is 17.6. The summed E-state index contributed by atoms with van der Waals surface area (Å²) in [7, 11) is 0. The Labute approximate surface area is 211 Å². The van der Waals surface area contributed by atoms with Gasteiger partial charge in [-0.15, -0.1) is 0 Å². The van der Waals surface area contributed by atoms with Gasteiger partial charge in [0.1, 0.15) is 12.1 Å². The standard InChI is InChI=1S/C26H28N8.C2H6/c1-17-23-25(27)29-16-30-26(23)34(31-17)18(2)21-13-20-7-3-4-12-33(20)24(21)22-9-8-19(14-28-22)15-32-10-5-6-11-32;1-2/h3-4,7-9,12-14,16,18H,5-6,10-11,15H2,1-2H3,(H2,27,29,30);1-2H3. The first-order valence-corrected chi connectivity index (χ1v) is 12.8. The molecule has 1 atom stereocenters. The number of aromatic nitrogens is 6. The molecule has 6 heterocycles. The Hall–Kier alpha value is -3.78. The molecular formula is C28H34N8. The van der Waals surface area contributed by atoms with Crippen LogP contribution in [0, 0.1) is 6.92 Å². The highest BCUT2D eigenvalue weighted by molar-refractivity contribution is 5.88. The monoisotopic (exact) mass is 482 g/mol. The lowest BCUT2D eigenvalue weighted by atomic mass is 10.1. The number of nitrogens with two attached hydrogens (primary N) is 1. The fourth-order valence-corrected chi connectivity index (χ4v) is 5.16. The summed E-state index contributed by atoms with van der Waals surface area (Å²) in [5, 5.41) is 5.61. The molecule has 0 spiro atoms. The van der Waals surface area contributed by atoms with Crippen LogP contribution in [0.25, 0.3) is 27.9 Å². The summed E-state index contributed by atoms with van der Waals surface area (Å²) in [6, 6.07) is 12.7. The van der Waals surface area contributed by atoms with Crippen molar-refractivity contribution < 1.29 is 0 Å². The van der Waals surface area contributed by atoms with Crippen LogP contribution in [0.2, 0.25) is 0 Å². The van der Waals surface area contributed by atoms with Crippen LogP contribution in [0.15, 0.2) is 55.1 Å². The fraction of sp³-hybridized carbons (Fsp3) is 0.357. The zero-order valence-corrected chi connectivity index (χ0v) is 21.5. The largest absolute Gasteiger partial charge is 0.383 e. The van der Waals surface area contributed by atoms with Gasteiger partial charge >= 0.3 is 0 Å². The normalized spacial score (nSPS) is 14.8. The Kier molecular flexibility index (Phi) is 6.69. The number of likely N-dealkylation sites (tertiary alicyclic amines) is 1. The summed E-state index contributed by atoms with van der Waals surface area (Å²) in [6.45, 7) is 11.4. The number of hydrogen-bond acceptors (Lipinski definition) is 6. The molecule has 8 heteroatoms. The van der Waals surface area contributed by atoms with Gasteiger partial charge in [-0.3, -0.25) is 9.88 Å². The third-order valence-corrected chi connectivity index (χ3v) is 6.89. The number of nitrogen functional groups attached to an aromatic ring is 1. The van der Waals surface area contributed by atoms with Crippen molar-refractivity contribution in [2.75, 3.05) is 18.8 Å². The molecule has 36 heavy (non-hydrogen) atoms. The quantitative estimate of drug-likeness (QED) is 0.367. The topological polar surface area (TPSA) is 90.2 Å². The lowest BCUT2D eigenvalue weighted by Crippen LogP contribution is -2.18. The minimum Gasteiger partial charge on any atom is -0.383 e. The van der Waals surface area contributed by atoms with E-state index in [1.54, 1.807) is 0 Å². The molecular weight excluding hydrogens is 448 g/mol. The number of fused-ring (bicyclic) bond motifs is 2. The van der Waals surface area contributed by atoms with E-state index in [1.165, 1.54) is 37.8 Å². The highest BCUT2D eigenvalue weighted by Gasteiger charge is 2.23. The van der Waals surface area contributed by atoms with E-state index in [0.717, 1.165) is 45.7 Å². The molecule has 186 valence electrons. The molecule has 0 bridgehead atoms. The number of hydrogen-bond donors (Lipinski definition) is 1. The average molecular weight is 483 g/mol. The van der Waals surface area contributed by atoms with E-state index >= 15 is 0 Å². The number of anilines is 1. The van der Waals surface area contributed by atoms with Gasteiger partial charge < -0.3 is 10.1 Å². The second-order valence-electron chi connectivity index (χ2n) is 9.14. The molecule has 0 radical (unpaired) electrons. The number of pyridine rings is 2. The van der Waals surface area contributed by atoms with Crippen LogP contribution in [0.4, 0.5) is 5.82 Å². The van der Waals surface area contributed by atoms with Crippen LogP contribution < -0.4 is 5.73 Å². The van der Waals surface area contributed by atoms with Gasteiger partial charge in [0.2, 0.25) is 0 Å². The Balaban J connectivity index is 0.00000130.